The molecule has 0 atom stereocenters. The first-order valence-electron chi connectivity index (χ1n) is 8.13. The van der Waals surface area contributed by atoms with Crippen molar-refractivity contribution in [2.45, 2.75) is 91.4 Å². The first kappa shape index (κ1) is 21.7. The number of hydrogen-bond acceptors (Lipinski definition) is 3. The monoisotopic (exact) mass is 287 g/mol. The lowest BCUT2D eigenvalue weighted by molar-refractivity contribution is -0.151. The summed E-state index contributed by atoms with van der Waals surface area (Å²) < 4.78 is 4.82. The van der Waals surface area contributed by atoms with Gasteiger partial charge in [0.15, 0.2) is 0 Å². The maximum atomic E-state index is 11.5. The maximum Gasteiger partial charge on any atom is 0.311 e. The topological polar surface area (TPSA) is 61.3 Å². The van der Waals surface area contributed by atoms with Crippen LogP contribution in [-0.2, 0) is 9.53 Å². The first-order chi connectivity index (χ1) is 9.04. The van der Waals surface area contributed by atoms with Crippen molar-refractivity contribution in [3.63, 3.8) is 0 Å². The van der Waals surface area contributed by atoms with Crippen LogP contribution in [0, 0.1) is 5.41 Å². The van der Waals surface area contributed by atoms with E-state index in [2.05, 4.69) is 6.92 Å². The van der Waals surface area contributed by atoms with Crippen LogP contribution in [0.15, 0.2) is 0 Å². The molecule has 20 heavy (non-hydrogen) atoms. The van der Waals surface area contributed by atoms with Crippen LogP contribution in [0.1, 0.15) is 91.4 Å². The molecule has 0 rings (SSSR count). The minimum absolute atomic E-state index is 0. The van der Waals surface area contributed by atoms with Crippen molar-refractivity contribution in [3.05, 3.63) is 0 Å². The Balaban J connectivity index is 0. The fraction of sp³-hybridized carbons (Fsp3) is 0.941. The fourth-order valence-electron chi connectivity index (χ4n) is 2.43. The standard InChI is InChI=1S/C17H34O2.H3N/c1-5-6-7-8-9-10-11-12-13-14-15-17(2,3)16(18)19-4;/h5-15H2,1-4H3;1H3. The van der Waals surface area contributed by atoms with E-state index in [1.54, 1.807) is 0 Å². The fourth-order valence-corrected chi connectivity index (χ4v) is 2.43. The highest BCUT2D eigenvalue weighted by molar-refractivity contribution is 5.75. The Hall–Kier alpha value is -0.570. The van der Waals surface area contributed by atoms with Crippen LogP contribution >= 0.6 is 0 Å². The Morgan fingerprint density at radius 2 is 1.25 bits per heavy atom. The molecule has 0 saturated carbocycles. The van der Waals surface area contributed by atoms with Gasteiger partial charge in [-0.3, -0.25) is 4.79 Å². The van der Waals surface area contributed by atoms with Gasteiger partial charge < -0.3 is 10.9 Å². The maximum absolute atomic E-state index is 11.5. The smallest absolute Gasteiger partial charge is 0.311 e. The van der Waals surface area contributed by atoms with Crippen molar-refractivity contribution < 1.29 is 9.53 Å². The van der Waals surface area contributed by atoms with Crippen LogP contribution < -0.4 is 6.15 Å². The molecule has 122 valence electrons. The Kier molecular flexibility index (Phi) is 14.6. The number of carbonyl (C=O) groups excluding carboxylic acids is 1. The molecular weight excluding hydrogens is 250 g/mol. The van der Waals surface area contributed by atoms with Crippen molar-refractivity contribution in [2.75, 3.05) is 7.11 Å². The first-order valence-corrected chi connectivity index (χ1v) is 8.13. The summed E-state index contributed by atoms with van der Waals surface area (Å²) >= 11 is 0. The number of hydrogen-bond donors (Lipinski definition) is 1. The van der Waals surface area contributed by atoms with E-state index in [0.29, 0.717) is 0 Å². The molecule has 0 unspecified atom stereocenters. The molecule has 0 aromatic carbocycles. The number of ether oxygens (including phenoxy) is 1. The zero-order chi connectivity index (χ0) is 14.6. The largest absolute Gasteiger partial charge is 0.469 e. The van der Waals surface area contributed by atoms with Crippen LogP contribution in [0.25, 0.3) is 0 Å². The van der Waals surface area contributed by atoms with Crippen LogP contribution in [0.4, 0.5) is 0 Å². The normalized spacial score (nSPS) is 11.0. The summed E-state index contributed by atoms with van der Waals surface area (Å²) in [6.45, 7) is 6.22. The Morgan fingerprint density at radius 3 is 1.65 bits per heavy atom. The summed E-state index contributed by atoms with van der Waals surface area (Å²) in [6, 6.07) is 0. The summed E-state index contributed by atoms with van der Waals surface area (Å²) in [6.07, 6.45) is 14.3. The van der Waals surface area contributed by atoms with E-state index in [1.165, 1.54) is 64.9 Å². The van der Waals surface area contributed by atoms with E-state index in [-0.39, 0.29) is 17.5 Å². The molecule has 0 aliphatic heterocycles. The number of esters is 1. The minimum atomic E-state index is -0.311. The van der Waals surface area contributed by atoms with Gasteiger partial charge in [0.05, 0.1) is 12.5 Å². The molecule has 0 bridgehead atoms. The summed E-state index contributed by atoms with van der Waals surface area (Å²) in [5.74, 6) is -0.0802. The zero-order valence-corrected chi connectivity index (χ0v) is 14.3. The second kappa shape index (κ2) is 13.4. The van der Waals surface area contributed by atoms with E-state index in [9.17, 15) is 4.79 Å². The van der Waals surface area contributed by atoms with Crippen molar-refractivity contribution >= 4 is 5.97 Å². The van der Waals surface area contributed by atoms with E-state index < -0.39 is 0 Å². The second-order valence-corrected chi connectivity index (χ2v) is 6.31. The van der Waals surface area contributed by atoms with E-state index in [0.717, 1.165) is 12.8 Å². The van der Waals surface area contributed by atoms with Crippen molar-refractivity contribution in [3.8, 4) is 0 Å². The molecule has 3 nitrogen and oxygen atoms in total. The quantitative estimate of drug-likeness (QED) is 0.372. The Morgan fingerprint density at radius 1 is 0.850 bits per heavy atom. The third-order valence-electron chi connectivity index (χ3n) is 3.89. The highest BCUT2D eigenvalue weighted by Crippen LogP contribution is 2.25. The predicted octanol–water partition coefficient (Wildman–Crippen LogP) is 5.66. The summed E-state index contributed by atoms with van der Waals surface area (Å²) in [5, 5.41) is 0. The molecule has 0 aliphatic rings. The van der Waals surface area contributed by atoms with Gasteiger partial charge in [-0.25, -0.2) is 0 Å². The Labute approximate surface area is 126 Å². The number of carbonyl (C=O) groups is 1. The van der Waals surface area contributed by atoms with Gasteiger partial charge in [0.25, 0.3) is 0 Å². The summed E-state index contributed by atoms with van der Waals surface area (Å²) in [7, 11) is 1.47. The van der Waals surface area contributed by atoms with Gasteiger partial charge in [0, 0.05) is 0 Å². The SMILES string of the molecule is CCCCCCCCCCCCC(C)(C)C(=O)OC.N. The predicted molar refractivity (Wildman–Crippen MR) is 87.3 cm³/mol. The minimum Gasteiger partial charge on any atom is -0.469 e. The molecule has 0 aromatic heterocycles. The van der Waals surface area contributed by atoms with Gasteiger partial charge in [-0.05, 0) is 20.3 Å². The van der Waals surface area contributed by atoms with Gasteiger partial charge in [0.1, 0.15) is 0 Å². The molecule has 0 radical (unpaired) electrons. The molecule has 3 N–H and O–H groups in total. The number of unbranched alkanes of at least 4 members (excludes halogenated alkanes) is 9. The molecule has 0 amide bonds. The van der Waals surface area contributed by atoms with Crippen LogP contribution in [-0.4, -0.2) is 13.1 Å². The molecule has 0 aromatic rings. The lowest BCUT2D eigenvalue weighted by Gasteiger charge is -2.20. The van der Waals surface area contributed by atoms with Crippen molar-refractivity contribution in [2.24, 2.45) is 5.41 Å². The third-order valence-corrected chi connectivity index (χ3v) is 3.89. The van der Waals surface area contributed by atoms with Gasteiger partial charge >= 0.3 is 5.97 Å². The lowest BCUT2D eigenvalue weighted by Crippen LogP contribution is -2.25. The molecule has 0 fully saturated rings. The molecule has 0 heterocycles. The molecule has 0 spiro atoms. The third kappa shape index (κ3) is 11.3. The Bertz CT molecular complexity index is 227. The molecular formula is C17H37NO2. The zero-order valence-electron chi connectivity index (χ0n) is 14.3. The van der Waals surface area contributed by atoms with Gasteiger partial charge in [-0.1, -0.05) is 71.1 Å². The molecule has 0 saturated heterocycles. The average molecular weight is 287 g/mol. The van der Waals surface area contributed by atoms with Crippen LogP contribution in [0.2, 0.25) is 0 Å². The average Bonchev–Trinajstić information content (AvgIpc) is 2.39. The molecule has 3 heteroatoms. The van der Waals surface area contributed by atoms with Gasteiger partial charge in [0.2, 0.25) is 0 Å². The highest BCUT2D eigenvalue weighted by atomic mass is 16.5. The second-order valence-electron chi connectivity index (χ2n) is 6.31. The summed E-state index contributed by atoms with van der Waals surface area (Å²) in [4.78, 5) is 11.5. The number of methoxy groups -OCH3 is 1. The van der Waals surface area contributed by atoms with Gasteiger partial charge in [-0.2, -0.15) is 0 Å². The van der Waals surface area contributed by atoms with E-state index >= 15 is 0 Å². The van der Waals surface area contributed by atoms with Crippen molar-refractivity contribution in [1.29, 1.82) is 0 Å². The number of rotatable bonds is 12. The van der Waals surface area contributed by atoms with Crippen LogP contribution in [0.5, 0.6) is 0 Å². The van der Waals surface area contributed by atoms with E-state index in [4.69, 9.17) is 4.74 Å². The molecule has 0 aliphatic carbocycles. The lowest BCUT2D eigenvalue weighted by atomic mass is 9.87. The van der Waals surface area contributed by atoms with Crippen molar-refractivity contribution in [1.82, 2.24) is 6.15 Å². The van der Waals surface area contributed by atoms with E-state index in [1.807, 2.05) is 13.8 Å². The van der Waals surface area contributed by atoms with Crippen LogP contribution in [0.3, 0.4) is 0 Å². The summed E-state index contributed by atoms with van der Waals surface area (Å²) in [5.41, 5.74) is -0.311. The highest BCUT2D eigenvalue weighted by Gasteiger charge is 2.27. The van der Waals surface area contributed by atoms with Gasteiger partial charge in [-0.15, -0.1) is 0 Å².